The van der Waals surface area contributed by atoms with Gasteiger partial charge in [-0.15, -0.1) is 0 Å². The number of amides is 2. The Morgan fingerprint density at radius 1 is 1.00 bits per heavy atom. The van der Waals surface area contributed by atoms with Crippen LogP contribution in [0.3, 0.4) is 0 Å². The van der Waals surface area contributed by atoms with Crippen LogP contribution >= 0.6 is 35.0 Å². The van der Waals surface area contributed by atoms with E-state index in [1.807, 2.05) is 24.3 Å². The molecule has 5 nitrogen and oxygen atoms in total. The minimum absolute atomic E-state index is 0.162. The van der Waals surface area contributed by atoms with Gasteiger partial charge in [0, 0.05) is 18.8 Å². The Kier molecular flexibility index (Phi) is 6.15. The van der Waals surface area contributed by atoms with Crippen LogP contribution in [0.4, 0.5) is 10.5 Å². The molecule has 150 valence electrons. The largest absolute Gasteiger partial charge is 0.378 e. The van der Waals surface area contributed by atoms with Crippen LogP contribution in [0, 0.1) is 0 Å². The minimum atomic E-state index is -0.302. The quantitative estimate of drug-likeness (QED) is 0.611. The highest BCUT2D eigenvalue weighted by molar-refractivity contribution is 8.18. The van der Waals surface area contributed by atoms with Crippen LogP contribution < -0.4 is 4.90 Å². The van der Waals surface area contributed by atoms with Gasteiger partial charge in [-0.2, -0.15) is 0 Å². The van der Waals surface area contributed by atoms with Gasteiger partial charge in [0.05, 0.1) is 34.7 Å². The first-order valence-corrected chi connectivity index (χ1v) is 10.7. The molecule has 0 unspecified atom stereocenters. The van der Waals surface area contributed by atoms with Crippen LogP contribution in [0.2, 0.25) is 10.0 Å². The van der Waals surface area contributed by atoms with Crippen LogP contribution in [-0.2, 0) is 16.1 Å². The van der Waals surface area contributed by atoms with Crippen molar-refractivity contribution in [1.82, 2.24) is 4.90 Å². The molecule has 2 saturated heterocycles. The van der Waals surface area contributed by atoms with Crippen molar-refractivity contribution in [2.45, 2.75) is 6.54 Å². The maximum absolute atomic E-state index is 12.7. The summed E-state index contributed by atoms with van der Waals surface area (Å²) < 4.78 is 5.38. The zero-order chi connectivity index (χ0) is 20.4. The maximum atomic E-state index is 12.7. The van der Waals surface area contributed by atoms with E-state index in [1.54, 1.807) is 24.3 Å². The molecule has 2 fully saturated rings. The summed E-state index contributed by atoms with van der Waals surface area (Å²) in [4.78, 5) is 29.0. The molecular weight excluding hydrogens is 431 g/mol. The molecule has 4 rings (SSSR count). The van der Waals surface area contributed by atoms with Crippen LogP contribution in [0.1, 0.15) is 11.1 Å². The number of nitrogens with zero attached hydrogens (tertiary/aromatic N) is 2. The monoisotopic (exact) mass is 448 g/mol. The molecule has 0 radical (unpaired) electrons. The summed E-state index contributed by atoms with van der Waals surface area (Å²) in [5.41, 5.74) is 2.75. The van der Waals surface area contributed by atoms with Gasteiger partial charge >= 0.3 is 0 Å². The van der Waals surface area contributed by atoms with E-state index in [0.29, 0.717) is 15.0 Å². The molecule has 0 aliphatic carbocycles. The van der Waals surface area contributed by atoms with Crippen molar-refractivity contribution in [2.75, 3.05) is 31.2 Å². The van der Waals surface area contributed by atoms with Crippen LogP contribution in [0.15, 0.2) is 47.4 Å². The number of rotatable bonds is 4. The van der Waals surface area contributed by atoms with Gasteiger partial charge in [0.2, 0.25) is 0 Å². The summed E-state index contributed by atoms with van der Waals surface area (Å²) in [5.74, 6) is -0.302. The van der Waals surface area contributed by atoms with E-state index in [9.17, 15) is 9.59 Å². The zero-order valence-electron chi connectivity index (χ0n) is 15.4. The average molecular weight is 449 g/mol. The van der Waals surface area contributed by atoms with E-state index in [2.05, 4.69) is 4.90 Å². The summed E-state index contributed by atoms with van der Waals surface area (Å²) in [7, 11) is 0. The summed E-state index contributed by atoms with van der Waals surface area (Å²) >= 11 is 12.9. The third-order valence-corrected chi connectivity index (χ3v) is 6.41. The van der Waals surface area contributed by atoms with Gasteiger partial charge in [0.15, 0.2) is 0 Å². The molecule has 2 amide bonds. The Hall–Kier alpha value is -1.99. The zero-order valence-corrected chi connectivity index (χ0v) is 17.8. The van der Waals surface area contributed by atoms with E-state index < -0.39 is 0 Å². The summed E-state index contributed by atoms with van der Waals surface area (Å²) in [5, 5.41) is 0.536. The number of ether oxygens (including phenoxy) is 1. The lowest BCUT2D eigenvalue weighted by Gasteiger charge is -2.28. The molecule has 2 aliphatic rings. The Bertz CT molecular complexity index is 972. The lowest BCUT2D eigenvalue weighted by molar-refractivity contribution is -0.123. The summed E-state index contributed by atoms with van der Waals surface area (Å²) in [6.07, 6.45) is 1.75. The van der Waals surface area contributed by atoms with E-state index in [4.69, 9.17) is 27.9 Å². The molecule has 0 bridgehead atoms. The number of hydrogen-bond donors (Lipinski definition) is 0. The first kappa shape index (κ1) is 20.3. The third-order valence-electron chi connectivity index (χ3n) is 4.77. The number of carbonyl (C=O) groups excluding carboxylic acids is 2. The van der Waals surface area contributed by atoms with Crippen molar-refractivity contribution in [3.8, 4) is 0 Å². The fraction of sp³-hybridized carbons (Fsp3) is 0.238. The lowest BCUT2D eigenvalue weighted by Crippen LogP contribution is -2.36. The molecule has 2 aromatic carbocycles. The molecule has 2 aliphatic heterocycles. The average Bonchev–Trinajstić information content (AvgIpc) is 2.99. The summed E-state index contributed by atoms with van der Waals surface area (Å²) in [6.45, 7) is 3.36. The standard InChI is InChI=1S/C21H18Cl2N2O3S/c22-17-6-3-15(11-18(17)23)13-25-20(26)19(29-21(25)27)12-14-1-4-16(5-2-14)24-7-9-28-10-8-24/h1-6,11-12H,7-10,13H2/b19-12+. The smallest absolute Gasteiger partial charge is 0.293 e. The first-order valence-electron chi connectivity index (χ1n) is 9.13. The second kappa shape index (κ2) is 8.79. The van der Waals surface area contributed by atoms with Crippen molar-refractivity contribution in [2.24, 2.45) is 0 Å². The lowest BCUT2D eigenvalue weighted by atomic mass is 10.1. The van der Waals surface area contributed by atoms with Gasteiger partial charge in [-0.25, -0.2) is 0 Å². The van der Waals surface area contributed by atoms with Gasteiger partial charge in [-0.3, -0.25) is 14.5 Å². The molecule has 0 aromatic heterocycles. The molecule has 0 atom stereocenters. The number of thioether (sulfide) groups is 1. The number of carbonyl (C=O) groups is 2. The Labute approximate surface area is 183 Å². The number of imide groups is 1. The van der Waals surface area contributed by atoms with Gasteiger partial charge in [-0.1, -0.05) is 41.4 Å². The highest BCUT2D eigenvalue weighted by Gasteiger charge is 2.35. The van der Waals surface area contributed by atoms with Crippen molar-refractivity contribution in [3.63, 3.8) is 0 Å². The van der Waals surface area contributed by atoms with E-state index in [-0.39, 0.29) is 17.7 Å². The molecule has 2 aromatic rings. The SMILES string of the molecule is O=C1S/C(=C/c2ccc(N3CCOCC3)cc2)C(=O)N1Cc1ccc(Cl)c(Cl)c1. The van der Waals surface area contributed by atoms with E-state index >= 15 is 0 Å². The number of anilines is 1. The van der Waals surface area contributed by atoms with Crippen LogP contribution in [0.25, 0.3) is 6.08 Å². The number of benzene rings is 2. The number of halogens is 2. The summed E-state index contributed by atoms with van der Waals surface area (Å²) in [6, 6.07) is 13.0. The van der Waals surface area contributed by atoms with Crippen LogP contribution in [-0.4, -0.2) is 42.3 Å². The van der Waals surface area contributed by atoms with E-state index in [1.165, 1.54) is 4.90 Å². The molecule has 0 saturated carbocycles. The van der Waals surface area contributed by atoms with Crippen molar-refractivity contribution < 1.29 is 14.3 Å². The van der Waals surface area contributed by atoms with Gasteiger partial charge in [-0.05, 0) is 53.2 Å². The molecule has 2 heterocycles. The van der Waals surface area contributed by atoms with Crippen LogP contribution in [0.5, 0.6) is 0 Å². The topological polar surface area (TPSA) is 49.9 Å². The predicted octanol–water partition coefficient (Wildman–Crippen LogP) is 5.07. The Balaban J connectivity index is 1.47. The number of hydrogen-bond acceptors (Lipinski definition) is 5. The van der Waals surface area contributed by atoms with Crippen molar-refractivity contribution in [1.29, 1.82) is 0 Å². The second-order valence-electron chi connectivity index (χ2n) is 6.71. The van der Waals surface area contributed by atoms with Crippen molar-refractivity contribution in [3.05, 3.63) is 68.5 Å². The molecule has 8 heteroatoms. The fourth-order valence-corrected chi connectivity index (χ4v) is 4.37. The molecular formula is C21H18Cl2N2O3S. The molecule has 0 N–H and O–H groups in total. The number of morpholine rings is 1. The maximum Gasteiger partial charge on any atom is 0.293 e. The normalized spacial score (nSPS) is 18.8. The first-order chi connectivity index (χ1) is 14.0. The molecule has 29 heavy (non-hydrogen) atoms. The Morgan fingerprint density at radius 2 is 1.72 bits per heavy atom. The predicted molar refractivity (Wildman–Crippen MR) is 117 cm³/mol. The Morgan fingerprint density at radius 3 is 2.41 bits per heavy atom. The minimum Gasteiger partial charge on any atom is -0.378 e. The fourth-order valence-electron chi connectivity index (χ4n) is 3.21. The van der Waals surface area contributed by atoms with Gasteiger partial charge < -0.3 is 9.64 Å². The third kappa shape index (κ3) is 4.61. The van der Waals surface area contributed by atoms with Crippen molar-refractivity contribution >= 4 is 57.9 Å². The highest BCUT2D eigenvalue weighted by atomic mass is 35.5. The van der Waals surface area contributed by atoms with E-state index in [0.717, 1.165) is 54.9 Å². The second-order valence-corrected chi connectivity index (χ2v) is 8.51. The van der Waals surface area contributed by atoms with Gasteiger partial charge in [0.1, 0.15) is 0 Å². The highest BCUT2D eigenvalue weighted by Crippen LogP contribution is 2.34. The van der Waals surface area contributed by atoms with Gasteiger partial charge in [0.25, 0.3) is 11.1 Å². The molecule has 0 spiro atoms.